The van der Waals surface area contributed by atoms with Crippen molar-refractivity contribution in [2.75, 3.05) is 26.3 Å². The number of nitrogens with zero attached hydrogens (tertiary/aromatic N) is 1. The number of hydrogen-bond acceptors (Lipinski definition) is 4. The molecule has 0 radical (unpaired) electrons. The second-order valence-electron chi connectivity index (χ2n) is 6.87. The van der Waals surface area contributed by atoms with Gasteiger partial charge in [-0.2, -0.15) is 0 Å². The molecule has 1 aliphatic heterocycles. The average Bonchev–Trinajstić information content (AvgIpc) is 2.61. The van der Waals surface area contributed by atoms with Crippen LogP contribution >= 0.6 is 0 Å². The maximum atomic E-state index is 12.9. The Bertz CT molecular complexity index is 534. The molecule has 0 bridgehead atoms. The minimum Gasteiger partial charge on any atom is -0.390 e. The van der Waals surface area contributed by atoms with Crippen LogP contribution in [-0.4, -0.2) is 59.5 Å². The summed E-state index contributed by atoms with van der Waals surface area (Å²) in [6, 6.07) is 7.59. The zero-order valence-corrected chi connectivity index (χ0v) is 15.2. The first-order valence-electron chi connectivity index (χ1n) is 9.38. The van der Waals surface area contributed by atoms with E-state index in [0.717, 1.165) is 37.7 Å². The zero-order valence-electron chi connectivity index (χ0n) is 15.2. The number of carbonyl (C=O) groups excluding carboxylic acids is 1. The van der Waals surface area contributed by atoms with Crippen molar-refractivity contribution in [2.24, 2.45) is 0 Å². The van der Waals surface area contributed by atoms with Crippen molar-refractivity contribution >= 4 is 5.91 Å². The van der Waals surface area contributed by atoms with Gasteiger partial charge in [-0.15, -0.1) is 0 Å². The van der Waals surface area contributed by atoms with Gasteiger partial charge in [0.05, 0.1) is 12.7 Å². The summed E-state index contributed by atoms with van der Waals surface area (Å²) < 4.78 is 5.43. The molecule has 1 saturated heterocycles. The van der Waals surface area contributed by atoms with Crippen molar-refractivity contribution in [3.05, 3.63) is 35.4 Å². The molecule has 0 aliphatic carbocycles. The molecule has 1 heterocycles. The smallest absolute Gasteiger partial charge is 0.254 e. The number of benzene rings is 1. The van der Waals surface area contributed by atoms with Crippen LogP contribution in [0.15, 0.2) is 24.3 Å². The fourth-order valence-corrected chi connectivity index (χ4v) is 3.13. The van der Waals surface area contributed by atoms with Crippen molar-refractivity contribution in [1.82, 2.24) is 4.90 Å². The molecule has 1 amide bonds. The van der Waals surface area contributed by atoms with Crippen LogP contribution < -0.4 is 0 Å². The lowest BCUT2D eigenvalue weighted by molar-refractivity contribution is -0.0434. The highest BCUT2D eigenvalue weighted by Crippen LogP contribution is 2.14. The van der Waals surface area contributed by atoms with Gasteiger partial charge in [0.1, 0.15) is 6.10 Å². The Hall–Kier alpha value is -1.43. The molecule has 0 unspecified atom stereocenters. The predicted molar refractivity (Wildman–Crippen MR) is 97.6 cm³/mol. The molecule has 0 saturated carbocycles. The third-order valence-electron chi connectivity index (χ3n) is 4.81. The Kier molecular flexibility index (Phi) is 8.38. The molecule has 2 N–H and O–H groups in total. The first kappa shape index (κ1) is 19.9. The Labute approximate surface area is 150 Å². The number of aryl methyl sites for hydroxylation is 1. The first-order chi connectivity index (χ1) is 12.1. The number of carbonyl (C=O) groups is 1. The monoisotopic (exact) mass is 349 g/mol. The summed E-state index contributed by atoms with van der Waals surface area (Å²) in [6.07, 6.45) is 3.79. The quantitative estimate of drug-likeness (QED) is 0.817. The first-order valence-corrected chi connectivity index (χ1v) is 9.38. The summed E-state index contributed by atoms with van der Waals surface area (Å²) >= 11 is 0. The number of rotatable bonds is 1. The lowest BCUT2D eigenvalue weighted by atomic mass is 10.1. The van der Waals surface area contributed by atoms with Crippen LogP contribution in [0.5, 0.6) is 0 Å². The van der Waals surface area contributed by atoms with E-state index in [1.165, 1.54) is 0 Å². The Morgan fingerprint density at radius 3 is 2.56 bits per heavy atom. The van der Waals surface area contributed by atoms with E-state index in [9.17, 15) is 15.0 Å². The van der Waals surface area contributed by atoms with Gasteiger partial charge in [-0.3, -0.25) is 4.79 Å². The predicted octanol–water partition coefficient (Wildman–Crippen LogP) is 2.53. The maximum absolute atomic E-state index is 12.9. The largest absolute Gasteiger partial charge is 0.390 e. The zero-order chi connectivity index (χ0) is 18.1. The highest BCUT2D eigenvalue weighted by Gasteiger charge is 2.21. The number of aliphatic hydroxyl groups is 2. The van der Waals surface area contributed by atoms with E-state index in [4.69, 9.17) is 4.74 Å². The van der Waals surface area contributed by atoms with E-state index in [-0.39, 0.29) is 12.5 Å². The van der Waals surface area contributed by atoms with Crippen molar-refractivity contribution < 1.29 is 19.7 Å². The molecule has 1 aromatic carbocycles. The molecular weight excluding hydrogens is 318 g/mol. The van der Waals surface area contributed by atoms with Gasteiger partial charge in [-0.05, 0) is 37.8 Å². The molecule has 2 rings (SSSR count). The Balaban J connectivity index is 2.04. The van der Waals surface area contributed by atoms with E-state index in [0.29, 0.717) is 31.7 Å². The maximum Gasteiger partial charge on any atom is 0.254 e. The summed E-state index contributed by atoms with van der Waals surface area (Å²) in [5.74, 6) is 0.00290. The summed E-state index contributed by atoms with van der Waals surface area (Å²) in [4.78, 5) is 14.7. The third kappa shape index (κ3) is 6.42. The average molecular weight is 349 g/mol. The van der Waals surface area contributed by atoms with Crippen LogP contribution in [0.2, 0.25) is 0 Å². The van der Waals surface area contributed by atoms with Gasteiger partial charge in [0.25, 0.3) is 5.91 Å². The Morgan fingerprint density at radius 2 is 1.76 bits per heavy atom. The van der Waals surface area contributed by atoms with E-state index in [2.05, 4.69) is 0 Å². The molecule has 5 heteroatoms. The van der Waals surface area contributed by atoms with Crippen LogP contribution in [0.1, 0.15) is 54.4 Å². The number of hydrogen-bond donors (Lipinski definition) is 2. The molecule has 0 aromatic heterocycles. The lowest BCUT2D eigenvalue weighted by Crippen LogP contribution is -2.38. The van der Waals surface area contributed by atoms with Crippen molar-refractivity contribution in [3.8, 4) is 0 Å². The second kappa shape index (κ2) is 10.5. The lowest BCUT2D eigenvalue weighted by Gasteiger charge is -2.26. The van der Waals surface area contributed by atoms with Crippen LogP contribution in [0.25, 0.3) is 0 Å². The fourth-order valence-electron chi connectivity index (χ4n) is 3.13. The standard InChI is InChI=1S/C20H31NO4/c1-16-9-5-6-10-17(16)20(24)21-12-7-3-2-4-8-14-25-15-19(23)18(22)11-13-21/h5-6,9-10,18-19,22-23H,2-4,7-8,11-15H2,1H3/t18-,19+/m0/s1. The summed E-state index contributed by atoms with van der Waals surface area (Å²) in [5, 5.41) is 20.1. The fraction of sp³-hybridized carbons (Fsp3) is 0.650. The van der Waals surface area contributed by atoms with Gasteiger partial charge in [0.2, 0.25) is 0 Å². The topological polar surface area (TPSA) is 70.0 Å². The van der Waals surface area contributed by atoms with Gasteiger partial charge in [-0.25, -0.2) is 0 Å². The molecule has 140 valence electrons. The molecule has 1 aliphatic rings. The molecule has 1 fully saturated rings. The number of aliphatic hydroxyl groups excluding tert-OH is 2. The van der Waals surface area contributed by atoms with E-state index in [1.807, 2.05) is 36.1 Å². The molecule has 5 nitrogen and oxygen atoms in total. The van der Waals surface area contributed by atoms with E-state index in [1.54, 1.807) is 0 Å². The molecular formula is C20H31NO4. The van der Waals surface area contributed by atoms with Gasteiger partial charge < -0.3 is 19.8 Å². The van der Waals surface area contributed by atoms with E-state index >= 15 is 0 Å². The summed E-state index contributed by atoms with van der Waals surface area (Å²) in [5.41, 5.74) is 1.67. The van der Waals surface area contributed by atoms with Crippen LogP contribution in [0.3, 0.4) is 0 Å². The minimum atomic E-state index is -0.904. The Morgan fingerprint density at radius 1 is 1.04 bits per heavy atom. The molecule has 0 spiro atoms. The van der Waals surface area contributed by atoms with Crippen LogP contribution in [-0.2, 0) is 4.74 Å². The third-order valence-corrected chi connectivity index (χ3v) is 4.81. The summed E-state index contributed by atoms with van der Waals surface area (Å²) in [7, 11) is 0. The minimum absolute atomic E-state index is 0.00290. The van der Waals surface area contributed by atoms with Gasteiger partial charge in [0.15, 0.2) is 0 Å². The number of ether oxygens (including phenoxy) is 1. The normalized spacial score (nSPS) is 24.5. The van der Waals surface area contributed by atoms with Crippen LogP contribution in [0, 0.1) is 6.92 Å². The van der Waals surface area contributed by atoms with Crippen molar-refractivity contribution in [1.29, 1.82) is 0 Å². The van der Waals surface area contributed by atoms with E-state index < -0.39 is 12.2 Å². The van der Waals surface area contributed by atoms with Gasteiger partial charge in [-0.1, -0.05) is 37.5 Å². The highest BCUT2D eigenvalue weighted by atomic mass is 16.5. The van der Waals surface area contributed by atoms with Crippen molar-refractivity contribution in [3.63, 3.8) is 0 Å². The molecule has 2 atom stereocenters. The molecule has 25 heavy (non-hydrogen) atoms. The van der Waals surface area contributed by atoms with Crippen molar-refractivity contribution in [2.45, 2.75) is 57.7 Å². The second-order valence-corrected chi connectivity index (χ2v) is 6.87. The SMILES string of the molecule is Cc1ccccc1C(=O)N1CCCCCCCOC[C@@H](O)[C@@H](O)CC1. The summed E-state index contributed by atoms with van der Waals surface area (Å²) in [6.45, 7) is 3.83. The number of amides is 1. The molecule has 1 aromatic rings. The van der Waals surface area contributed by atoms with Crippen LogP contribution in [0.4, 0.5) is 0 Å². The van der Waals surface area contributed by atoms with Gasteiger partial charge >= 0.3 is 0 Å². The van der Waals surface area contributed by atoms with Gasteiger partial charge in [0, 0.05) is 25.3 Å². The highest BCUT2D eigenvalue weighted by molar-refractivity contribution is 5.95.